The minimum absolute atomic E-state index is 0.273. The number of benzene rings is 1. The fourth-order valence-electron chi connectivity index (χ4n) is 2.24. The molecule has 2 aromatic heterocycles. The van der Waals surface area contributed by atoms with Crippen molar-refractivity contribution in [1.82, 2.24) is 9.55 Å². The van der Waals surface area contributed by atoms with Crippen LogP contribution >= 0.6 is 0 Å². The molecule has 5 nitrogen and oxygen atoms in total. The maximum absolute atomic E-state index is 12.0. The van der Waals surface area contributed by atoms with Gasteiger partial charge in [0.15, 0.2) is 5.65 Å². The van der Waals surface area contributed by atoms with E-state index >= 15 is 0 Å². The van der Waals surface area contributed by atoms with Crippen LogP contribution in [-0.2, 0) is 0 Å². The van der Waals surface area contributed by atoms with Crippen LogP contribution in [-0.4, -0.2) is 9.55 Å². The Morgan fingerprint density at radius 2 is 1.85 bits per heavy atom. The summed E-state index contributed by atoms with van der Waals surface area (Å²) in [7, 11) is 0. The van der Waals surface area contributed by atoms with Crippen LogP contribution < -0.4 is 11.4 Å². The Morgan fingerprint density at radius 3 is 2.60 bits per heavy atom. The highest BCUT2D eigenvalue weighted by Gasteiger charge is 2.16. The molecule has 0 aliphatic heterocycles. The Kier molecular flexibility index (Phi) is 2.95. The summed E-state index contributed by atoms with van der Waals surface area (Å²) in [6, 6.07) is 12.5. The smallest absolute Gasteiger partial charge is 0.372 e. The van der Waals surface area contributed by atoms with E-state index in [2.05, 4.69) is 4.98 Å². The quantitative estimate of drug-likeness (QED) is 0.712. The number of fused-ring (bicyclic) bond motifs is 1. The fourth-order valence-corrected chi connectivity index (χ4v) is 2.24. The first-order chi connectivity index (χ1) is 9.68. The second-order valence-electron chi connectivity index (χ2n) is 4.49. The SMILES string of the molecule is C[C@@H](c1ccccc1)n1c(=O)oc(=O)c2cccnc21. The molecular formula is C15H12N2O3. The van der Waals surface area contributed by atoms with Gasteiger partial charge < -0.3 is 4.42 Å². The minimum atomic E-state index is -0.697. The van der Waals surface area contributed by atoms with Gasteiger partial charge in [-0.05, 0) is 24.6 Å². The number of aromatic nitrogens is 2. The summed E-state index contributed by atoms with van der Waals surface area (Å²) in [6.07, 6.45) is 1.55. The summed E-state index contributed by atoms with van der Waals surface area (Å²) >= 11 is 0. The molecule has 5 heteroatoms. The summed E-state index contributed by atoms with van der Waals surface area (Å²) in [5.74, 6) is -0.697. The van der Waals surface area contributed by atoms with Gasteiger partial charge >= 0.3 is 11.4 Å². The van der Waals surface area contributed by atoms with Gasteiger partial charge in [0.05, 0.1) is 6.04 Å². The number of rotatable bonds is 2. The Balaban J connectivity index is 2.32. The molecule has 0 saturated carbocycles. The molecule has 0 spiro atoms. The van der Waals surface area contributed by atoms with Crippen molar-refractivity contribution in [2.45, 2.75) is 13.0 Å². The van der Waals surface area contributed by atoms with Gasteiger partial charge in [-0.15, -0.1) is 0 Å². The van der Waals surface area contributed by atoms with Crippen LogP contribution in [0.3, 0.4) is 0 Å². The maximum atomic E-state index is 12.0. The van der Waals surface area contributed by atoms with Crippen LogP contribution in [0.25, 0.3) is 11.0 Å². The molecule has 2 heterocycles. The van der Waals surface area contributed by atoms with Crippen molar-refractivity contribution < 1.29 is 4.42 Å². The van der Waals surface area contributed by atoms with E-state index in [0.29, 0.717) is 11.0 Å². The summed E-state index contributed by atoms with van der Waals surface area (Å²) < 4.78 is 6.17. The summed E-state index contributed by atoms with van der Waals surface area (Å²) in [4.78, 5) is 27.9. The number of hydrogen-bond donors (Lipinski definition) is 0. The van der Waals surface area contributed by atoms with E-state index in [4.69, 9.17) is 4.42 Å². The highest BCUT2D eigenvalue weighted by molar-refractivity contribution is 5.73. The first-order valence-electron chi connectivity index (χ1n) is 6.24. The summed E-state index contributed by atoms with van der Waals surface area (Å²) in [5.41, 5.74) is 0.620. The minimum Gasteiger partial charge on any atom is -0.372 e. The lowest BCUT2D eigenvalue weighted by molar-refractivity contribution is 0.404. The Hall–Kier alpha value is -2.69. The monoisotopic (exact) mass is 268 g/mol. The largest absolute Gasteiger partial charge is 0.424 e. The molecule has 0 aliphatic carbocycles. The van der Waals surface area contributed by atoms with Gasteiger partial charge in [0, 0.05) is 6.20 Å². The molecule has 0 amide bonds. The van der Waals surface area contributed by atoms with Crippen LogP contribution in [0.15, 0.2) is 62.7 Å². The van der Waals surface area contributed by atoms with Gasteiger partial charge in [0.2, 0.25) is 0 Å². The first kappa shape index (κ1) is 12.3. The topological polar surface area (TPSA) is 65.1 Å². The molecule has 0 aliphatic rings. The Labute approximate surface area is 114 Å². The maximum Gasteiger partial charge on any atom is 0.424 e. The van der Waals surface area contributed by atoms with E-state index in [1.54, 1.807) is 18.3 Å². The van der Waals surface area contributed by atoms with Crippen LogP contribution in [0.4, 0.5) is 0 Å². The summed E-state index contributed by atoms with van der Waals surface area (Å²) in [5, 5.41) is 0.301. The molecule has 0 N–H and O–H groups in total. The molecule has 1 atom stereocenters. The van der Waals surface area contributed by atoms with E-state index in [0.717, 1.165) is 5.56 Å². The van der Waals surface area contributed by atoms with Gasteiger partial charge in [0.1, 0.15) is 5.39 Å². The van der Waals surface area contributed by atoms with Gasteiger partial charge in [-0.1, -0.05) is 30.3 Å². The molecular weight excluding hydrogens is 256 g/mol. The van der Waals surface area contributed by atoms with Gasteiger partial charge in [-0.25, -0.2) is 14.6 Å². The highest BCUT2D eigenvalue weighted by Crippen LogP contribution is 2.18. The van der Waals surface area contributed by atoms with E-state index in [1.165, 1.54) is 4.57 Å². The third kappa shape index (κ3) is 1.93. The van der Waals surface area contributed by atoms with Crippen LogP contribution in [0.5, 0.6) is 0 Å². The molecule has 3 rings (SSSR count). The molecule has 0 radical (unpaired) electrons. The molecule has 1 aromatic carbocycles. The molecule has 0 unspecified atom stereocenters. The van der Waals surface area contributed by atoms with Crippen molar-refractivity contribution in [3.63, 3.8) is 0 Å². The van der Waals surface area contributed by atoms with E-state index in [-0.39, 0.29) is 6.04 Å². The molecule has 3 aromatic rings. The zero-order valence-corrected chi connectivity index (χ0v) is 10.8. The van der Waals surface area contributed by atoms with E-state index in [1.807, 2.05) is 37.3 Å². The lowest BCUT2D eigenvalue weighted by Crippen LogP contribution is -2.28. The van der Waals surface area contributed by atoms with Crippen LogP contribution in [0, 0.1) is 0 Å². The number of pyridine rings is 1. The molecule has 100 valence electrons. The lowest BCUT2D eigenvalue weighted by atomic mass is 10.1. The van der Waals surface area contributed by atoms with Crippen LogP contribution in [0.1, 0.15) is 18.5 Å². The van der Waals surface area contributed by atoms with Crippen molar-refractivity contribution in [2.24, 2.45) is 0 Å². The van der Waals surface area contributed by atoms with E-state index in [9.17, 15) is 9.59 Å². The third-order valence-corrected chi connectivity index (χ3v) is 3.28. The average Bonchev–Trinajstić information content (AvgIpc) is 2.48. The van der Waals surface area contributed by atoms with Crippen molar-refractivity contribution >= 4 is 11.0 Å². The second kappa shape index (κ2) is 4.77. The molecule has 0 bridgehead atoms. The first-order valence-corrected chi connectivity index (χ1v) is 6.24. The van der Waals surface area contributed by atoms with Gasteiger partial charge in [0.25, 0.3) is 0 Å². The fraction of sp³-hybridized carbons (Fsp3) is 0.133. The lowest BCUT2D eigenvalue weighted by Gasteiger charge is -2.15. The number of hydrogen-bond acceptors (Lipinski definition) is 4. The third-order valence-electron chi connectivity index (χ3n) is 3.28. The molecule has 20 heavy (non-hydrogen) atoms. The normalized spacial score (nSPS) is 12.4. The van der Waals surface area contributed by atoms with Crippen molar-refractivity contribution in [1.29, 1.82) is 0 Å². The Morgan fingerprint density at radius 1 is 1.10 bits per heavy atom. The highest BCUT2D eigenvalue weighted by atomic mass is 16.4. The van der Waals surface area contributed by atoms with Gasteiger partial charge in [-0.3, -0.25) is 4.57 Å². The zero-order valence-electron chi connectivity index (χ0n) is 10.8. The predicted octanol–water partition coefficient (Wildman–Crippen LogP) is 1.96. The molecule has 0 fully saturated rings. The summed E-state index contributed by atoms with van der Waals surface area (Å²) in [6.45, 7) is 1.87. The second-order valence-corrected chi connectivity index (χ2v) is 4.49. The van der Waals surface area contributed by atoms with Gasteiger partial charge in [-0.2, -0.15) is 0 Å². The average molecular weight is 268 g/mol. The molecule has 0 saturated heterocycles. The Bertz CT molecular complexity index is 865. The standard InChI is InChI=1S/C15H12N2O3/c1-10(11-6-3-2-4-7-11)17-13-12(8-5-9-16-13)14(18)20-15(17)19/h2-10H,1H3/t10-/m0/s1. The van der Waals surface area contributed by atoms with Crippen LogP contribution in [0.2, 0.25) is 0 Å². The van der Waals surface area contributed by atoms with Crippen molar-refractivity contribution in [2.75, 3.05) is 0 Å². The predicted molar refractivity (Wildman–Crippen MR) is 74.8 cm³/mol. The number of nitrogens with zero attached hydrogens (tertiary/aromatic N) is 2. The zero-order chi connectivity index (χ0) is 14.1. The van der Waals surface area contributed by atoms with E-state index < -0.39 is 11.4 Å². The van der Waals surface area contributed by atoms with Crippen molar-refractivity contribution in [3.8, 4) is 0 Å². The van der Waals surface area contributed by atoms with Crippen molar-refractivity contribution in [3.05, 3.63) is 75.2 Å².